The Morgan fingerprint density at radius 2 is 0.745 bits per heavy atom. The van der Waals surface area contributed by atoms with Crippen molar-refractivity contribution in [3.8, 4) is 55.6 Å². The van der Waals surface area contributed by atoms with Crippen molar-refractivity contribution in [1.29, 1.82) is 0 Å². The molecule has 0 heterocycles. The first-order chi connectivity index (χ1) is 25.1. The average Bonchev–Trinajstić information content (AvgIpc) is 3.42. The lowest BCUT2D eigenvalue weighted by Gasteiger charge is -2.21. The molecule has 51 heavy (non-hydrogen) atoms. The van der Waals surface area contributed by atoms with E-state index in [1.165, 1.54) is 99.1 Å². The van der Waals surface area contributed by atoms with Gasteiger partial charge in [-0.1, -0.05) is 190 Å². The highest BCUT2D eigenvalue weighted by atomic mass is 14.4. The van der Waals surface area contributed by atoms with Crippen LogP contribution in [0, 0.1) is 0 Å². The van der Waals surface area contributed by atoms with E-state index in [0.29, 0.717) is 0 Å². The summed E-state index contributed by atoms with van der Waals surface area (Å²) in [6, 6.07) is 67.3. The zero-order valence-electron chi connectivity index (χ0n) is 28.8. The second-order valence-corrected chi connectivity index (χ2v) is 14.4. The van der Waals surface area contributed by atoms with Crippen molar-refractivity contribution < 1.29 is 0 Å². The third-order valence-corrected chi connectivity index (χ3v) is 11.3. The second-order valence-electron chi connectivity index (χ2n) is 14.4. The smallest absolute Gasteiger partial charge is 0.0158 e. The van der Waals surface area contributed by atoms with E-state index in [9.17, 15) is 0 Å². The van der Waals surface area contributed by atoms with Crippen LogP contribution in [-0.4, -0.2) is 0 Å². The van der Waals surface area contributed by atoms with Gasteiger partial charge in [-0.3, -0.25) is 0 Å². The molecule has 1 aliphatic rings. The number of benzene rings is 9. The number of rotatable bonds is 4. The molecular weight excluding hydrogens is 613 g/mol. The van der Waals surface area contributed by atoms with E-state index < -0.39 is 0 Å². The van der Waals surface area contributed by atoms with Gasteiger partial charge in [-0.05, 0) is 105 Å². The molecule has 0 saturated carbocycles. The summed E-state index contributed by atoms with van der Waals surface area (Å²) in [6.45, 7) is 4.68. The van der Waals surface area contributed by atoms with E-state index >= 15 is 0 Å². The molecule has 0 fully saturated rings. The zero-order valence-corrected chi connectivity index (χ0v) is 28.8. The Kier molecular flexibility index (Phi) is 6.63. The fourth-order valence-electron chi connectivity index (χ4n) is 8.85. The molecule has 9 aromatic rings. The Morgan fingerprint density at radius 1 is 0.275 bits per heavy atom. The first-order valence-corrected chi connectivity index (χ1v) is 17.9. The minimum absolute atomic E-state index is 0.0127. The monoisotopic (exact) mass is 648 g/mol. The predicted octanol–water partition coefficient (Wildman–Crippen LogP) is 14.1. The van der Waals surface area contributed by atoms with Crippen molar-refractivity contribution >= 4 is 32.3 Å². The van der Waals surface area contributed by atoms with Crippen molar-refractivity contribution in [2.75, 3.05) is 0 Å². The van der Waals surface area contributed by atoms with Crippen LogP contribution in [0.25, 0.3) is 88.0 Å². The zero-order chi connectivity index (χ0) is 34.1. The van der Waals surface area contributed by atoms with Crippen LogP contribution in [0.3, 0.4) is 0 Å². The van der Waals surface area contributed by atoms with Crippen LogP contribution in [-0.2, 0) is 5.41 Å². The van der Waals surface area contributed by atoms with Crippen LogP contribution in [0.1, 0.15) is 25.0 Å². The summed E-state index contributed by atoms with van der Waals surface area (Å²) in [5, 5.41) is 7.62. The summed E-state index contributed by atoms with van der Waals surface area (Å²) in [7, 11) is 0. The molecule has 1 aliphatic carbocycles. The third-order valence-electron chi connectivity index (χ3n) is 11.3. The van der Waals surface area contributed by atoms with Crippen LogP contribution in [0.15, 0.2) is 182 Å². The topological polar surface area (TPSA) is 0 Å². The molecule has 0 spiro atoms. The molecule has 0 atom stereocenters. The van der Waals surface area contributed by atoms with Crippen molar-refractivity contribution in [3.05, 3.63) is 193 Å². The van der Waals surface area contributed by atoms with E-state index in [1.807, 2.05) is 0 Å². The Morgan fingerprint density at radius 3 is 1.41 bits per heavy atom. The van der Waals surface area contributed by atoms with Crippen molar-refractivity contribution in [1.82, 2.24) is 0 Å². The van der Waals surface area contributed by atoms with E-state index in [2.05, 4.69) is 196 Å². The minimum atomic E-state index is 0.0127. The highest BCUT2D eigenvalue weighted by molar-refractivity contribution is 6.24. The molecule has 0 aliphatic heterocycles. The van der Waals surface area contributed by atoms with Gasteiger partial charge >= 0.3 is 0 Å². The molecule has 0 radical (unpaired) electrons. The van der Waals surface area contributed by atoms with Gasteiger partial charge in [0.25, 0.3) is 0 Å². The predicted molar refractivity (Wildman–Crippen MR) is 218 cm³/mol. The van der Waals surface area contributed by atoms with Crippen LogP contribution < -0.4 is 0 Å². The van der Waals surface area contributed by atoms with Crippen molar-refractivity contribution in [2.45, 2.75) is 19.3 Å². The van der Waals surface area contributed by atoms with Gasteiger partial charge in [-0.2, -0.15) is 0 Å². The number of hydrogen-bond donors (Lipinski definition) is 0. The molecule has 9 aromatic carbocycles. The lowest BCUT2D eigenvalue weighted by atomic mass is 9.82. The van der Waals surface area contributed by atoms with E-state index in [1.54, 1.807) is 0 Å². The molecular formula is C51H36. The minimum Gasteiger partial charge on any atom is -0.0622 e. The maximum Gasteiger partial charge on any atom is 0.0158 e. The van der Waals surface area contributed by atoms with Gasteiger partial charge in [-0.25, -0.2) is 0 Å². The largest absolute Gasteiger partial charge is 0.0622 e. The Balaban J connectivity index is 1.14. The van der Waals surface area contributed by atoms with Gasteiger partial charge < -0.3 is 0 Å². The summed E-state index contributed by atoms with van der Waals surface area (Å²) in [4.78, 5) is 0. The summed E-state index contributed by atoms with van der Waals surface area (Å²) in [5.74, 6) is 0. The summed E-state index contributed by atoms with van der Waals surface area (Å²) in [5.41, 5.74) is 15.6. The van der Waals surface area contributed by atoms with Crippen LogP contribution >= 0.6 is 0 Å². The van der Waals surface area contributed by atoms with E-state index in [0.717, 1.165) is 0 Å². The summed E-state index contributed by atoms with van der Waals surface area (Å²) in [6.07, 6.45) is 0. The summed E-state index contributed by atoms with van der Waals surface area (Å²) < 4.78 is 0. The first-order valence-electron chi connectivity index (χ1n) is 17.9. The maximum atomic E-state index is 2.39. The van der Waals surface area contributed by atoms with Gasteiger partial charge in [-0.15, -0.1) is 0 Å². The molecule has 0 saturated heterocycles. The Labute approximate surface area is 299 Å². The molecule has 0 amide bonds. The van der Waals surface area contributed by atoms with Gasteiger partial charge in [0.05, 0.1) is 0 Å². The van der Waals surface area contributed by atoms with E-state index in [4.69, 9.17) is 0 Å². The Hall–Kier alpha value is -6.24. The van der Waals surface area contributed by atoms with Crippen LogP contribution in [0.5, 0.6) is 0 Å². The fraction of sp³-hybridized carbons (Fsp3) is 0.0588. The lowest BCUT2D eigenvalue weighted by molar-refractivity contribution is 0.660. The average molecular weight is 649 g/mol. The lowest BCUT2D eigenvalue weighted by Crippen LogP contribution is -2.14. The van der Waals surface area contributed by atoms with E-state index in [-0.39, 0.29) is 5.41 Å². The standard InChI is InChI=1S/C51H36/c1-51(2)47-23-13-12-18-40(47)46-32-36(28-31-48(46)51)33-24-26-35(27-25-33)49-41-19-8-10-21-43(41)50(44-22-11-9-20-42(44)49)45-30-29-37(34-14-4-3-5-15-34)38-16-6-7-17-39(38)45/h3-32H,1-2H3. The molecule has 240 valence electrons. The quantitative estimate of drug-likeness (QED) is 0.167. The van der Waals surface area contributed by atoms with Crippen molar-refractivity contribution in [3.63, 3.8) is 0 Å². The molecule has 0 aromatic heterocycles. The summed E-state index contributed by atoms with van der Waals surface area (Å²) >= 11 is 0. The van der Waals surface area contributed by atoms with Gasteiger partial charge in [0.1, 0.15) is 0 Å². The Bertz CT molecular complexity index is 2740. The molecule has 0 nitrogen and oxygen atoms in total. The number of hydrogen-bond acceptors (Lipinski definition) is 0. The number of fused-ring (bicyclic) bond motifs is 6. The molecule has 0 N–H and O–H groups in total. The highest BCUT2D eigenvalue weighted by Crippen LogP contribution is 2.50. The third kappa shape index (κ3) is 4.53. The maximum absolute atomic E-state index is 2.39. The molecule has 0 unspecified atom stereocenters. The fourth-order valence-corrected chi connectivity index (χ4v) is 8.85. The van der Waals surface area contributed by atoms with Gasteiger partial charge in [0, 0.05) is 5.41 Å². The second kappa shape index (κ2) is 11.4. The van der Waals surface area contributed by atoms with Crippen LogP contribution in [0.4, 0.5) is 0 Å². The van der Waals surface area contributed by atoms with Crippen LogP contribution in [0.2, 0.25) is 0 Å². The molecule has 0 bridgehead atoms. The van der Waals surface area contributed by atoms with Gasteiger partial charge in [0.2, 0.25) is 0 Å². The SMILES string of the molecule is CC1(C)c2ccccc2-c2cc(-c3ccc(-c4c5ccccc5c(-c5ccc(-c6ccccc6)c6ccccc56)c5ccccc45)cc3)ccc21. The van der Waals surface area contributed by atoms with Crippen molar-refractivity contribution in [2.24, 2.45) is 0 Å². The van der Waals surface area contributed by atoms with Gasteiger partial charge in [0.15, 0.2) is 0 Å². The normalized spacial score (nSPS) is 13.1. The molecule has 0 heteroatoms. The molecule has 10 rings (SSSR count). The first kappa shape index (κ1) is 29.7. The highest BCUT2D eigenvalue weighted by Gasteiger charge is 2.35.